The van der Waals surface area contributed by atoms with Gasteiger partial charge in [-0.05, 0) is 78.6 Å². The quantitative estimate of drug-likeness (QED) is 0.476. The lowest BCUT2D eigenvalue weighted by Gasteiger charge is -2.22. The molecule has 2 aliphatic carbocycles. The minimum absolute atomic E-state index is 0.265. The van der Waals surface area contributed by atoms with Crippen molar-refractivity contribution in [2.75, 3.05) is 5.73 Å². The fourth-order valence-electron chi connectivity index (χ4n) is 4.78. The minimum Gasteiger partial charge on any atom is -0.508 e. The van der Waals surface area contributed by atoms with Crippen molar-refractivity contribution in [1.29, 1.82) is 5.41 Å². The Labute approximate surface area is 145 Å². The number of aromatic hydroxyl groups is 1. The fraction of sp³-hybridized carbons (Fsp3) is 0.238. The minimum atomic E-state index is 0.265. The number of nitrogens with one attached hydrogen (secondary N) is 1. The van der Waals surface area contributed by atoms with E-state index in [-0.39, 0.29) is 5.75 Å². The summed E-state index contributed by atoms with van der Waals surface area (Å²) in [7, 11) is 0. The third-order valence-corrected chi connectivity index (χ3v) is 5.84. The molecule has 1 heterocycles. The van der Waals surface area contributed by atoms with Crippen molar-refractivity contribution in [1.82, 2.24) is 4.98 Å². The van der Waals surface area contributed by atoms with Crippen LogP contribution in [0.1, 0.15) is 47.8 Å². The van der Waals surface area contributed by atoms with E-state index in [1.165, 1.54) is 36.6 Å². The predicted octanol–water partition coefficient (Wildman–Crippen LogP) is 4.55. The number of nitrogens with two attached hydrogens (primary N) is 1. The van der Waals surface area contributed by atoms with Gasteiger partial charge in [-0.2, -0.15) is 0 Å². The monoisotopic (exact) mass is 329 g/mol. The van der Waals surface area contributed by atoms with Gasteiger partial charge in [0.05, 0.1) is 11.2 Å². The highest BCUT2D eigenvalue weighted by atomic mass is 16.3. The number of hydrogen-bond acceptors (Lipinski definition) is 4. The van der Waals surface area contributed by atoms with E-state index in [1.807, 2.05) is 24.3 Å². The van der Waals surface area contributed by atoms with Crippen LogP contribution >= 0.6 is 0 Å². The van der Waals surface area contributed by atoms with Crippen LogP contribution in [0.3, 0.4) is 0 Å². The molecule has 2 aromatic carbocycles. The summed E-state index contributed by atoms with van der Waals surface area (Å²) in [6, 6.07) is 11.1. The molecule has 1 saturated carbocycles. The Morgan fingerprint density at radius 3 is 2.48 bits per heavy atom. The summed E-state index contributed by atoms with van der Waals surface area (Å²) in [5.41, 5.74) is 13.3. The fourth-order valence-corrected chi connectivity index (χ4v) is 4.78. The third-order valence-electron chi connectivity index (χ3n) is 5.84. The second-order valence-corrected chi connectivity index (χ2v) is 7.15. The van der Waals surface area contributed by atoms with E-state index < -0.39 is 0 Å². The Hall–Kier alpha value is -2.88. The molecule has 3 aromatic rings. The summed E-state index contributed by atoms with van der Waals surface area (Å²) in [6.07, 6.45) is 4.95. The van der Waals surface area contributed by atoms with Crippen LogP contribution in [0.4, 0.5) is 5.69 Å². The van der Waals surface area contributed by atoms with E-state index >= 15 is 0 Å². The van der Waals surface area contributed by atoms with Gasteiger partial charge in [-0.3, -0.25) is 0 Å². The molecule has 5 rings (SSSR count). The number of fused-ring (bicyclic) bond motifs is 7. The zero-order chi connectivity index (χ0) is 17.1. The molecule has 2 atom stereocenters. The average molecular weight is 329 g/mol. The van der Waals surface area contributed by atoms with E-state index in [4.69, 9.17) is 16.1 Å². The molecule has 1 aromatic heterocycles. The molecule has 124 valence electrons. The van der Waals surface area contributed by atoms with Crippen molar-refractivity contribution >= 4 is 22.8 Å². The lowest BCUT2D eigenvalue weighted by molar-refractivity contribution is 0.475. The largest absolute Gasteiger partial charge is 0.508 e. The van der Waals surface area contributed by atoms with Gasteiger partial charge >= 0.3 is 0 Å². The Balaban J connectivity index is 1.90. The molecule has 25 heavy (non-hydrogen) atoms. The maximum Gasteiger partial charge on any atom is 0.115 e. The first kappa shape index (κ1) is 14.5. The molecule has 0 amide bonds. The van der Waals surface area contributed by atoms with Gasteiger partial charge in [0.25, 0.3) is 0 Å². The highest BCUT2D eigenvalue weighted by molar-refractivity contribution is 6.06. The van der Waals surface area contributed by atoms with Crippen molar-refractivity contribution in [3.05, 3.63) is 53.1 Å². The average Bonchev–Trinajstić information content (AvgIpc) is 3.24. The summed E-state index contributed by atoms with van der Waals surface area (Å²) in [5, 5.41) is 18.5. The first-order valence-corrected chi connectivity index (χ1v) is 8.73. The maximum absolute atomic E-state index is 9.61. The van der Waals surface area contributed by atoms with Crippen molar-refractivity contribution in [3.8, 4) is 17.0 Å². The molecule has 2 aliphatic rings. The van der Waals surface area contributed by atoms with Gasteiger partial charge < -0.3 is 16.2 Å². The molecule has 1 fully saturated rings. The summed E-state index contributed by atoms with van der Waals surface area (Å²) in [4.78, 5) is 4.97. The zero-order valence-corrected chi connectivity index (χ0v) is 13.8. The van der Waals surface area contributed by atoms with Gasteiger partial charge in [-0.25, -0.2) is 4.98 Å². The Bertz CT molecular complexity index is 1020. The molecule has 0 spiro atoms. The molecule has 4 N–H and O–H groups in total. The smallest absolute Gasteiger partial charge is 0.115 e. The van der Waals surface area contributed by atoms with Crippen LogP contribution in [0.5, 0.6) is 5.75 Å². The van der Waals surface area contributed by atoms with Gasteiger partial charge in [-0.1, -0.05) is 0 Å². The van der Waals surface area contributed by atoms with Crippen LogP contribution in [0.25, 0.3) is 22.2 Å². The van der Waals surface area contributed by atoms with Crippen LogP contribution in [0, 0.1) is 5.41 Å². The van der Waals surface area contributed by atoms with Gasteiger partial charge in [0.15, 0.2) is 0 Å². The van der Waals surface area contributed by atoms with Gasteiger partial charge in [0.2, 0.25) is 0 Å². The predicted molar refractivity (Wildman–Crippen MR) is 100 cm³/mol. The Kier molecular flexibility index (Phi) is 2.93. The standard InChI is InChI=1S/C21H19N3O/c22-10-15-16(23)7-8-17-20(15)18-12-1-2-13(9-12)19(18)21(24-17)11-3-5-14(25)6-4-11/h3-8,10,12-13,22,25H,1-2,9,23H2. The van der Waals surface area contributed by atoms with Crippen molar-refractivity contribution in [2.45, 2.75) is 31.1 Å². The highest BCUT2D eigenvalue weighted by Crippen LogP contribution is 2.57. The van der Waals surface area contributed by atoms with Crippen LogP contribution in [0.2, 0.25) is 0 Å². The topological polar surface area (TPSA) is 83.0 Å². The summed E-state index contributed by atoms with van der Waals surface area (Å²) < 4.78 is 0. The number of aromatic nitrogens is 1. The molecule has 0 saturated heterocycles. The van der Waals surface area contributed by atoms with E-state index in [1.54, 1.807) is 12.1 Å². The maximum atomic E-state index is 9.61. The van der Waals surface area contributed by atoms with Crippen LogP contribution in [-0.4, -0.2) is 16.3 Å². The Morgan fingerprint density at radius 1 is 1.04 bits per heavy atom. The number of anilines is 1. The molecule has 2 unspecified atom stereocenters. The SMILES string of the molecule is N=Cc1c(N)ccc2nc(-c3ccc(O)cc3)c3c(c12)C1CCC3C1. The molecule has 0 aliphatic heterocycles. The van der Waals surface area contributed by atoms with Crippen LogP contribution in [0.15, 0.2) is 36.4 Å². The molecule has 0 radical (unpaired) electrons. The number of nitrogen functional groups attached to an aromatic ring is 1. The molecule has 4 heteroatoms. The van der Waals surface area contributed by atoms with Crippen molar-refractivity contribution < 1.29 is 5.11 Å². The zero-order valence-electron chi connectivity index (χ0n) is 13.8. The normalized spacial score (nSPS) is 20.8. The number of rotatable bonds is 2. The number of pyridine rings is 1. The number of hydrogen-bond donors (Lipinski definition) is 3. The van der Waals surface area contributed by atoms with Crippen LogP contribution in [-0.2, 0) is 0 Å². The number of phenols is 1. The van der Waals surface area contributed by atoms with Gasteiger partial charge in [0, 0.05) is 28.4 Å². The van der Waals surface area contributed by atoms with Gasteiger partial charge in [-0.15, -0.1) is 0 Å². The van der Waals surface area contributed by atoms with Crippen molar-refractivity contribution in [3.63, 3.8) is 0 Å². The van der Waals surface area contributed by atoms with Crippen molar-refractivity contribution in [2.24, 2.45) is 0 Å². The van der Waals surface area contributed by atoms with E-state index in [0.717, 1.165) is 27.7 Å². The highest BCUT2D eigenvalue weighted by Gasteiger charge is 2.41. The molecule has 4 nitrogen and oxygen atoms in total. The second-order valence-electron chi connectivity index (χ2n) is 7.15. The number of phenolic OH excluding ortho intramolecular Hbond substituents is 1. The lowest BCUT2D eigenvalue weighted by Crippen LogP contribution is -2.07. The number of benzene rings is 2. The summed E-state index contributed by atoms with van der Waals surface area (Å²) in [6.45, 7) is 0. The number of nitrogens with zero attached hydrogens (tertiary/aromatic N) is 1. The van der Waals surface area contributed by atoms with E-state index in [2.05, 4.69) is 0 Å². The summed E-state index contributed by atoms with van der Waals surface area (Å²) in [5.74, 6) is 1.35. The first-order chi connectivity index (χ1) is 12.2. The van der Waals surface area contributed by atoms with E-state index in [0.29, 0.717) is 17.5 Å². The van der Waals surface area contributed by atoms with Gasteiger partial charge in [0.1, 0.15) is 5.75 Å². The van der Waals surface area contributed by atoms with Crippen LogP contribution < -0.4 is 5.73 Å². The Morgan fingerprint density at radius 2 is 1.76 bits per heavy atom. The second kappa shape index (κ2) is 5.06. The van der Waals surface area contributed by atoms with E-state index in [9.17, 15) is 5.11 Å². The molecule has 2 bridgehead atoms. The summed E-state index contributed by atoms with van der Waals surface area (Å²) >= 11 is 0. The first-order valence-electron chi connectivity index (χ1n) is 8.73. The lowest BCUT2D eigenvalue weighted by atomic mass is 9.85. The molecular formula is C21H19N3O. The molecular weight excluding hydrogens is 310 g/mol. The third kappa shape index (κ3) is 1.94.